The monoisotopic (exact) mass is 1870 g/mol. The molecule has 36 heteroatoms. The summed E-state index contributed by atoms with van der Waals surface area (Å²) in [4.78, 5) is 87.9. The van der Waals surface area contributed by atoms with Crippen LogP contribution in [0.25, 0.3) is 43.6 Å². The van der Waals surface area contributed by atoms with Gasteiger partial charge in [-0.15, -0.1) is 0 Å². The highest BCUT2D eigenvalue weighted by Gasteiger charge is 2.25. The van der Waals surface area contributed by atoms with Gasteiger partial charge in [-0.3, -0.25) is 48.9 Å². The van der Waals surface area contributed by atoms with E-state index in [-0.39, 0.29) is 52.7 Å². The van der Waals surface area contributed by atoms with Crippen LogP contribution in [-0.4, -0.2) is 168 Å². The SMILES string of the molecule is CCn1nc(C)cc1C(=O)Nc1ccc(Cc2ccc3[nH]c(O)c(C=Nc4ccn[nH]4)c3c2)cc1.Cc1cc(C(=O)Nc2cccc(Cc3ccc4[nH]c(O)c(C=Nc5cc(C)[nH]n5)c4c3)c2)n(C(C)(C)C)n1.Cc1cc(N=Cc2c(O)[nH]c3ccc(Cc4ccc(NC(=O)c5nccn5C)cc4)cc23)n[nH]1.Cn1ccnc1C(=O)Nc1ccc(Cc2ccc3[nH]c(O)c(C=Nc4ccn[nH]4)c3c2)cc1. The lowest BCUT2D eigenvalue weighted by Crippen LogP contribution is -2.29. The summed E-state index contributed by atoms with van der Waals surface area (Å²) in [5.41, 5.74) is 21.5. The number of aromatic nitrogens is 20. The maximum atomic E-state index is 13.1. The number of carbonyl (C=O) groups excluding carboxylic acids is 4. The molecule has 0 aliphatic heterocycles. The Morgan fingerprint density at radius 3 is 1.09 bits per heavy atom. The molecule has 140 heavy (non-hydrogen) atoms. The first-order valence-electron chi connectivity index (χ1n) is 44.8. The van der Waals surface area contributed by atoms with Crippen molar-refractivity contribution in [3.63, 3.8) is 0 Å². The van der Waals surface area contributed by atoms with Crippen LogP contribution in [0.3, 0.4) is 0 Å². The summed E-state index contributed by atoms with van der Waals surface area (Å²) in [6, 6.07) is 65.8. The summed E-state index contributed by atoms with van der Waals surface area (Å²) in [5.74, 6) is 2.41. The minimum atomic E-state index is -0.311. The number of benzene rings is 8. The van der Waals surface area contributed by atoms with E-state index in [1.54, 1.807) is 119 Å². The van der Waals surface area contributed by atoms with Crippen molar-refractivity contribution in [1.29, 1.82) is 0 Å². The van der Waals surface area contributed by atoms with Crippen molar-refractivity contribution in [3.8, 4) is 23.5 Å². The third-order valence-electron chi connectivity index (χ3n) is 22.8. The van der Waals surface area contributed by atoms with E-state index in [2.05, 4.69) is 122 Å². The Morgan fingerprint density at radius 2 is 0.729 bits per heavy atom. The van der Waals surface area contributed by atoms with E-state index in [0.717, 1.165) is 117 Å². The van der Waals surface area contributed by atoms with Crippen LogP contribution in [0.1, 0.15) is 159 Å². The predicted molar refractivity (Wildman–Crippen MR) is 543 cm³/mol. The molecule has 8 aromatic carbocycles. The fourth-order valence-electron chi connectivity index (χ4n) is 15.9. The summed E-state index contributed by atoms with van der Waals surface area (Å²) >= 11 is 0. The van der Waals surface area contributed by atoms with Crippen LogP contribution in [0.2, 0.25) is 0 Å². The number of nitrogens with one attached hydrogen (secondary N) is 12. The first-order chi connectivity index (χ1) is 67.6. The molecule has 0 spiro atoms. The van der Waals surface area contributed by atoms with Gasteiger partial charge in [-0.1, -0.05) is 72.8 Å². The number of fused-ring (bicyclic) bond motifs is 4. The number of anilines is 4. The van der Waals surface area contributed by atoms with Crippen molar-refractivity contribution in [1.82, 2.24) is 99.4 Å². The van der Waals surface area contributed by atoms with Gasteiger partial charge in [0.1, 0.15) is 23.0 Å². The van der Waals surface area contributed by atoms with Gasteiger partial charge in [0.15, 0.2) is 46.8 Å². The van der Waals surface area contributed by atoms with Crippen LogP contribution < -0.4 is 21.3 Å². The third-order valence-corrected chi connectivity index (χ3v) is 22.8. The molecule has 4 amide bonds. The molecule has 0 aliphatic rings. The van der Waals surface area contributed by atoms with E-state index in [4.69, 9.17) is 0 Å². The summed E-state index contributed by atoms with van der Waals surface area (Å²) in [5, 5.41) is 92.7. The number of aromatic amines is 8. The third kappa shape index (κ3) is 22.4. The van der Waals surface area contributed by atoms with Crippen molar-refractivity contribution in [2.45, 2.75) is 93.2 Å². The molecule has 36 nitrogen and oxygen atoms in total. The highest BCUT2D eigenvalue weighted by molar-refractivity contribution is 6.08. The molecule has 0 radical (unpaired) electrons. The Kier molecular flexibility index (Phi) is 27.3. The molecule has 20 aromatic rings. The van der Waals surface area contributed by atoms with Crippen LogP contribution in [-0.2, 0) is 51.9 Å². The topological polar surface area (TPSA) is 496 Å². The molecule has 0 saturated heterocycles. The maximum absolute atomic E-state index is 13.1. The van der Waals surface area contributed by atoms with Gasteiger partial charge in [0.05, 0.1) is 51.6 Å². The van der Waals surface area contributed by atoms with Crippen molar-refractivity contribution < 1.29 is 39.6 Å². The largest absolute Gasteiger partial charge is 0.494 e. The number of aromatic hydroxyl groups is 4. The smallest absolute Gasteiger partial charge is 0.291 e. The van der Waals surface area contributed by atoms with Crippen molar-refractivity contribution >= 4 is 138 Å². The van der Waals surface area contributed by atoms with Gasteiger partial charge in [0.2, 0.25) is 0 Å². The van der Waals surface area contributed by atoms with Gasteiger partial charge in [-0.05, 0) is 235 Å². The lowest BCUT2D eigenvalue weighted by molar-refractivity contribution is 0.0998. The molecular weight excluding hydrogens is 1770 g/mol. The van der Waals surface area contributed by atoms with Crippen LogP contribution in [0.4, 0.5) is 46.0 Å². The molecule has 16 N–H and O–H groups in total. The van der Waals surface area contributed by atoms with Gasteiger partial charge < -0.3 is 70.8 Å². The van der Waals surface area contributed by atoms with Crippen LogP contribution in [0.15, 0.2) is 263 Å². The lowest BCUT2D eigenvalue weighted by atomic mass is 10.0. The second-order valence-corrected chi connectivity index (χ2v) is 34.6. The highest BCUT2D eigenvalue weighted by Crippen LogP contribution is 2.35. The van der Waals surface area contributed by atoms with Gasteiger partial charge in [-0.25, -0.2) is 29.9 Å². The van der Waals surface area contributed by atoms with Gasteiger partial charge >= 0.3 is 0 Å². The molecular formula is C104H100N28O8. The highest BCUT2D eigenvalue weighted by atomic mass is 16.3. The van der Waals surface area contributed by atoms with E-state index in [1.165, 1.54) is 0 Å². The fourth-order valence-corrected chi connectivity index (χ4v) is 15.9. The summed E-state index contributed by atoms with van der Waals surface area (Å²) < 4.78 is 6.80. The van der Waals surface area contributed by atoms with Gasteiger partial charge in [-0.2, -0.15) is 30.6 Å². The molecule has 0 aliphatic carbocycles. The first-order valence-corrected chi connectivity index (χ1v) is 44.8. The number of carbonyl (C=O) groups is 4. The Bertz CT molecular complexity index is 7990. The number of hydrogen-bond donors (Lipinski definition) is 16. The minimum absolute atomic E-state index is 0.0580. The number of H-pyrrole nitrogens is 8. The van der Waals surface area contributed by atoms with Gasteiger partial charge in [0, 0.05) is 172 Å². The average molecular weight is 1870 g/mol. The van der Waals surface area contributed by atoms with Crippen LogP contribution >= 0.6 is 0 Å². The fraction of sp³-hybridized carbons (Fsp3) is 0.154. The number of nitrogens with zero attached hydrogens (tertiary/aromatic N) is 16. The number of imidazole rings is 2. The quantitative estimate of drug-likeness (QED) is 0.0236. The summed E-state index contributed by atoms with van der Waals surface area (Å²) in [6.45, 7) is 16.2. The second kappa shape index (κ2) is 41.1. The molecule has 0 fully saturated rings. The van der Waals surface area contributed by atoms with Crippen molar-refractivity contribution in [3.05, 3.63) is 356 Å². The molecule has 704 valence electrons. The summed E-state index contributed by atoms with van der Waals surface area (Å²) in [7, 11) is 3.56. The van der Waals surface area contributed by atoms with Crippen molar-refractivity contribution in [2.24, 2.45) is 34.1 Å². The molecule has 12 aromatic heterocycles. The Hall–Kier alpha value is -18.6. The number of amides is 4. The standard InChI is InChI=1S/C29H31N7O2.C26H25N7O2.C25H23N7O2.C24H21N7O2/c1-17-12-26(34-33-17)30-16-23-22-15-20(9-10-24(22)32-27(23)37)13-19-7-6-8-21(14-19)31-28(38)25-11-18(2)35-36(25)29(3,4)5;1-3-33-23(12-16(2)32-33)26(35)29-19-7-4-17(5-8-19)13-18-6-9-22-20(14-18)21(25(34)30-22)15-27-24-10-11-28-31-24;1-15-11-22(31-30-15)27-14-20-19-13-17(5-8-21(19)29-24(20)33)12-16-3-6-18(7-4-16)28-25(34)23-26-9-10-32(23)2;1-31-11-10-25-22(31)24(33)28-17-5-2-15(3-6-17)12-16-4-7-20-18(13-16)19(23(32)29-20)14-26-21-8-9-27-30-21/h6-12,14-16,32,37H,13H2,1-5H3,(H,31,38)(H,33,34);4-12,14-15,30,34H,3,13H2,1-2H3,(H,28,31)(H,29,35);3-11,13-14,29,33H,12H2,1-2H3,(H,28,34)(H,30,31);2-11,13-14,29,32H,12H2,1H3,(H,27,30)(H,28,33). The molecule has 0 atom stereocenters. The zero-order chi connectivity index (χ0) is 97.8. The van der Waals surface area contributed by atoms with Crippen LogP contribution in [0.5, 0.6) is 23.5 Å². The second-order valence-electron chi connectivity index (χ2n) is 34.6. The molecule has 20 rings (SSSR count). The van der Waals surface area contributed by atoms with E-state index >= 15 is 0 Å². The zero-order valence-corrected chi connectivity index (χ0v) is 78.0. The van der Waals surface area contributed by atoms with Gasteiger partial charge in [0.25, 0.3) is 23.6 Å². The van der Waals surface area contributed by atoms with E-state index in [1.807, 2.05) is 237 Å². The Labute approximate surface area is 800 Å². The number of aryl methyl sites for hydroxylation is 7. The van der Waals surface area contributed by atoms with Crippen molar-refractivity contribution in [2.75, 3.05) is 21.3 Å². The van der Waals surface area contributed by atoms with Crippen LogP contribution in [0, 0.1) is 27.7 Å². The Balaban J connectivity index is 0.000000129. The van der Waals surface area contributed by atoms with E-state index in [9.17, 15) is 39.6 Å². The average Bonchev–Trinajstić information content (AvgIpc) is 1.65. The predicted octanol–water partition coefficient (Wildman–Crippen LogP) is 18.6. The normalized spacial score (nSPS) is 11.6. The molecule has 0 unspecified atom stereocenters. The van der Waals surface area contributed by atoms with E-state index < -0.39 is 0 Å². The first kappa shape index (κ1) is 93.2. The Morgan fingerprint density at radius 1 is 0.379 bits per heavy atom. The maximum Gasteiger partial charge on any atom is 0.291 e. The number of aliphatic imine (C=N–C) groups is 4. The molecule has 12 heterocycles. The number of hydrogen-bond acceptors (Lipinski definition) is 20. The number of rotatable bonds is 25. The zero-order valence-electron chi connectivity index (χ0n) is 78.0. The van der Waals surface area contributed by atoms with E-state index in [0.29, 0.717) is 118 Å². The minimum Gasteiger partial charge on any atom is -0.494 e. The molecule has 0 bridgehead atoms. The lowest BCUT2D eigenvalue weighted by Gasteiger charge is -2.22. The summed E-state index contributed by atoms with van der Waals surface area (Å²) in [6.07, 6.45) is 19.1. The molecule has 0 saturated carbocycles.